The Morgan fingerprint density at radius 3 is 2.71 bits per heavy atom. The van der Waals surface area contributed by atoms with Crippen LogP contribution in [0.5, 0.6) is 17.2 Å². The Labute approximate surface area is 199 Å². The van der Waals surface area contributed by atoms with Gasteiger partial charge in [0, 0.05) is 13.2 Å². The molecule has 0 spiro atoms. The molecular weight excluding hydrogens is 436 g/mol. The molecule has 1 atom stereocenters. The average molecular weight is 467 g/mol. The van der Waals surface area contributed by atoms with Crippen molar-refractivity contribution in [3.63, 3.8) is 0 Å². The number of hydrogen-bond acceptors (Lipinski definition) is 7. The van der Waals surface area contributed by atoms with E-state index >= 15 is 0 Å². The molecule has 0 radical (unpaired) electrons. The van der Waals surface area contributed by atoms with Crippen LogP contribution in [-0.2, 0) is 17.9 Å². The fourth-order valence-electron chi connectivity index (χ4n) is 3.82. The highest BCUT2D eigenvalue weighted by Gasteiger charge is 2.18. The predicted octanol–water partition coefficient (Wildman–Crippen LogP) is 4.37. The number of para-hydroxylation sites is 1. The number of nitrogens with zero attached hydrogens (tertiary/aromatic N) is 1. The first-order chi connectivity index (χ1) is 16.5. The van der Waals surface area contributed by atoms with Crippen LogP contribution < -0.4 is 19.5 Å². The van der Waals surface area contributed by atoms with Gasteiger partial charge in [-0.05, 0) is 56.5 Å². The van der Waals surface area contributed by atoms with Gasteiger partial charge in [-0.2, -0.15) is 0 Å². The number of methoxy groups -OCH3 is 1. The minimum Gasteiger partial charge on any atom is -0.493 e. The number of carbonyl (C=O) groups is 1. The second-order valence-corrected chi connectivity index (χ2v) is 8.20. The largest absolute Gasteiger partial charge is 0.493 e. The number of amides is 1. The van der Waals surface area contributed by atoms with Crippen LogP contribution in [0, 0.1) is 13.8 Å². The molecule has 1 aliphatic rings. The van der Waals surface area contributed by atoms with Crippen molar-refractivity contribution in [3.05, 3.63) is 70.6 Å². The number of benzene rings is 2. The minimum absolute atomic E-state index is 0.128. The summed E-state index contributed by atoms with van der Waals surface area (Å²) in [4.78, 5) is 12.9. The Morgan fingerprint density at radius 2 is 1.97 bits per heavy atom. The Hall–Kier alpha value is -3.52. The van der Waals surface area contributed by atoms with Crippen molar-refractivity contribution in [2.45, 2.75) is 45.9 Å². The molecule has 8 heteroatoms. The van der Waals surface area contributed by atoms with Crippen LogP contribution >= 0.6 is 0 Å². The van der Waals surface area contributed by atoms with Crippen molar-refractivity contribution in [2.75, 3.05) is 20.3 Å². The van der Waals surface area contributed by atoms with Crippen LogP contribution in [-0.4, -0.2) is 37.5 Å². The predicted molar refractivity (Wildman–Crippen MR) is 125 cm³/mol. The van der Waals surface area contributed by atoms with Crippen molar-refractivity contribution in [3.8, 4) is 17.2 Å². The van der Waals surface area contributed by atoms with Crippen molar-refractivity contribution in [1.82, 2.24) is 10.5 Å². The maximum atomic E-state index is 12.9. The smallest absolute Gasteiger partial charge is 0.255 e. The molecule has 0 aliphatic carbocycles. The summed E-state index contributed by atoms with van der Waals surface area (Å²) < 4.78 is 28.1. The minimum atomic E-state index is -0.230. The molecule has 4 rings (SSSR count). The summed E-state index contributed by atoms with van der Waals surface area (Å²) in [6.07, 6.45) is 2.21. The van der Waals surface area contributed by atoms with Crippen molar-refractivity contribution < 1.29 is 28.3 Å². The van der Waals surface area contributed by atoms with E-state index in [9.17, 15) is 4.79 Å². The Balaban J connectivity index is 1.37. The van der Waals surface area contributed by atoms with Gasteiger partial charge in [0.25, 0.3) is 5.91 Å². The van der Waals surface area contributed by atoms with E-state index in [1.807, 2.05) is 38.1 Å². The van der Waals surface area contributed by atoms with E-state index in [1.165, 1.54) is 0 Å². The first-order valence-corrected chi connectivity index (χ1v) is 11.4. The maximum absolute atomic E-state index is 12.9. The lowest BCUT2D eigenvalue weighted by Crippen LogP contribution is -2.23. The van der Waals surface area contributed by atoms with Gasteiger partial charge in [0.2, 0.25) is 0 Å². The summed E-state index contributed by atoms with van der Waals surface area (Å²) in [7, 11) is 1.60. The molecule has 180 valence electrons. The normalized spacial score (nSPS) is 15.2. The number of aryl methyl sites for hydroxylation is 2. The summed E-state index contributed by atoms with van der Waals surface area (Å²) in [5.74, 6) is 2.25. The summed E-state index contributed by atoms with van der Waals surface area (Å²) >= 11 is 0. The molecule has 2 heterocycles. The molecule has 1 aromatic heterocycles. The summed E-state index contributed by atoms with van der Waals surface area (Å²) in [6, 6.07) is 12.8. The van der Waals surface area contributed by atoms with Crippen LogP contribution in [0.4, 0.5) is 0 Å². The monoisotopic (exact) mass is 466 g/mol. The number of hydrogen-bond donors (Lipinski definition) is 1. The summed E-state index contributed by atoms with van der Waals surface area (Å²) in [5, 5.41) is 6.89. The van der Waals surface area contributed by atoms with Gasteiger partial charge in [0.15, 0.2) is 11.5 Å². The third-order valence-electron chi connectivity index (χ3n) is 5.81. The zero-order valence-electron chi connectivity index (χ0n) is 19.8. The lowest BCUT2D eigenvalue weighted by Gasteiger charge is -2.15. The third kappa shape index (κ3) is 5.69. The van der Waals surface area contributed by atoms with Crippen molar-refractivity contribution in [2.24, 2.45) is 0 Å². The Kier molecular flexibility index (Phi) is 7.69. The quantitative estimate of drug-likeness (QED) is 0.474. The maximum Gasteiger partial charge on any atom is 0.255 e. The fourth-order valence-corrected chi connectivity index (χ4v) is 3.82. The fraction of sp³-hybridized carbons (Fsp3) is 0.385. The van der Waals surface area contributed by atoms with E-state index in [2.05, 4.69) is 10.5 Å². The average Bonchev–Trinajstić information content (AvgIpc) is 3.49. The molecule has 8 nitrogen and oxygen atoms in total. The Morgan fingerprint density at radius 1 is 1.12 bits per heavy atom. The molecule has 2 aromatic carbocycles. The van der Waals surface area contributed by atoms with Crippen molar-refractivity contribution in [1.29, 1.82) is 0 Å². The van der Waals surface area contributed by atoms with E-state index < -0.39 is 0 Å². The molecule has 34 heavy (non-hydrogen) atoms. The molecule has 3 aromatic rings. The van der Waals surface area contributed by atoms with Gasteiger partial charge in [-0.25, -0.2) is 0 Å². The van der Waals surface area contributed by atoms with Gasteiger partial charge in [-0.1, -0.05) is 23.4 Å². The van der Waals surface area contributed by atoms with E-state index in [1.54, 1.807) is 25.3 Å². The van der Waals surface area contributed by atoms with Crippen LogP contribution in [0.15, 0.2) is 47.0 Å². The van der Waals surface area contributed by atoms with Crippen LogP contribution in [0.3, 0.4) is 0 Å². The topological polar surface area (TPSA) is 92.1 Å². The molecule has 0 bridgehead atoms. The number of ether oxygens (including phenoxy) is 4. The standard InChI is InChI=1S/C26H30N2O6/c1-17-22(18(2)34-28-17)16-33-23-9-5-4-8-21(23)26(29)27-14-19-10-11-24(25(13-19)30-3)32-15-20-7-6-12-31-20/h4-5,8-11,13,20H,6-7,12,14-16H2,1-3H3,(H,27,29). The highest BCUT2D eigenvalue weighted by atomic mass is 16.5. The van der Waals surface area contributed by atoms with Crippen LogP contribution in [0.2, 0.25) is 0 Å². The molecule has 0 saturated carbocycles. The lowest BCUT2D eigenvalue weighted by molar-refractivity contribution is 0.0669. The van der Waals surface area contributed by atoms with Gasteiger partial charge in [0.1, 0.15) is 24.7 Å². The molecule has 1 amide bonds. The molecule has 1 saturated heterocycles. The number of nitrogens with one attached hydrogen (secondary N) is 1. The van der Waals surface area contributed by atoms with E-state index in [4.69, 9.17) is 23.5 Å². The van der Waals surface area contributed by atoms with Crippen LogP contribution in [0.1, 0.15) is 45.8 Å². The zero-order valence-corrected chi connectivity index (χ0v) is 19.8. The Bertz CT molecular complexity index is 1100. The van der Waals surface area contributed by atoms with Gasteiger partial charge in [-0.15, -0.1) is 0 Å². The first-order valence-electron chi connectivity index (χ1n) is 11.4. The molecular formula is C26H30N2O6. The number of aromatic nitrogens is 1. The molecule has 1 unspecified atom stereocenters. The van der Waals surface area contributed by atoms with E-state index in [0.29, 0.717) is 41.7 Å². The highest BCUT2D eigenvalue weighted by molar-refractivity contribution is 5.96. The first kappa shape index (κ1) is 23.6. The van der Waals surface area contributed by atoms with E-state index in [-0.39, 0.29) is 18.6 Å². The summed E-state index contributed by atoms with van der Waals surface area (Å²) in [6.45, 7) is 5.59. The van der Waals surface area contributed by atoms with Gasteiger partial charge >= 0.3 is 0 Å². The molecule has 1 N–H and O–H groups in total. The zero-order chi connectivity index (χ0) is 23.9. The number of rotatable bonds is 10. The van der Waals surface area contributed by atoms with Crippen molar-refractivity contribution >= 4 is 5.91 Å². The summed E-state index contributed by atoms with van der Waals surface area (Å²) in [5.41, 5.74) is 3.00. The second-order valence-electron chi connectivity index (χ2n) is 8.20. The van der Waals surface area contributed by atoms with E-state index in [0.717, 1.165) is 36.3 Å². The second kappa shape index (κ2) is 11.1. The van der Waals surface area contributed by atoms with Gasteiger partial charge < -0.3 is 28.8 Å². The molecule has 1 aliphatic heterocycles. The molecule has 1 fully saturated rings. The highest BCUT2D eigenvalue weighted by Crippen LogP contribution is 2.29. The van der Waals surface area contributed by atoms with Crippen LogP contribution in [0.25, 0.3) is 0 Å². The number of carbonyl (C=O) groups excluding carboxylic acids is 1. The van der Waals surface area contributed by atoms with Gasteiger partial charge in [-0.3, -0.25) is 4.79 Å². The third-order valence-corrected chi connectivity index (χ3v) is 5.81. The lowest BCUT2D eigenvalue weighted by atomic mass is 10.1. The van der Waals surface area contributed by atoms with Gasteiger partial charge in [0.05, 0.1) is 30.0 Å². The SMILES string of the molecule is COc1cc(CNC(=O)c2ccccc2OCc2c(C)noc2C)ccc1OCC1CCCO1.